The summed E-state index contributed by atoms with van der Waals surface area (Å²) in [6, 6.07) is 5.80. The number of primary amides is 1. The van der Waals surface area contributed by atoms with Gasteiger partial charge in [0, 0.05) is 11.3 Å². The lowest BCUT2D eigenvalue weighted by Gasteiger charge is -2.07. The van der Waals surface area contributed by atoms with Crippen LogP contribution < -0.4 is 10.5 Å². The molecule has 0 fully saturated rings. The van der Waals surface area contributed by atoms with Crippen molar-refractivity contribution in [2.45, 2.75) is 13.8 Å². The molecule has 2 aromatic rings. The van der Waals surface area contributed by atoms with E-state index in [4.69, 9.17) is 10.5 Å². The maximum atomic E-state index is 11.1. The molecular weight excluding hydrogens is 230 g/mol. The van der Waals surface area contributed by atoms with Crippen molar-refractivity contribution in [3.63, 3.8) is 0 Å². The molecule has 5 nitrogen and oxygen atoms in total. The van der Waals surface area contributed by atoms with Crippen molar-refractivity contribution in [3.8, 4) is 17.0 Å². The van der Waals surface area contributed by atoms with Crippen LogP contribution in [0.1, 0.15) is 21.9 Å². The molecule has 1 aromatic heterocycles. The van der Waals surface area contributed by atoms with Crippen LogP contribution in [0.25, 0.3) is 11.3 Å². The number of benzene rings is 1. The molecule has 0 atom stereocenters. The molecule has 0 aliphatic heterocycles. The zero-order valence-corrected chi connectivity index (χ0v) is 10.6. The quantitative estimate of drug-likeness (QED) is 0.865. The number of hydrogen-bond acceptors (Lipinski definition) is 3. The van der Waals surface area contributed by atoms with Crippen LogP contribution in [0, 0.1) is 13.8 Å². The minimum atomic E-state index is -0.573. The Kier molecular flexibility index (Phi) is 3.06. The maximum absolute atomic E-state index is 11.1. The van der Waals surface area contributed by atoms with Crippen molar-refractivity contribution in [3.05, 3.63) is 35.3 Å². The molecule has 1 heterocycles. The van der Waals surface area contributed by atoms with Gasteiger partial charge in [0.1, 0.15) is 5.75 Å². The first-order valence-corrected chi connectivity index (χ1v) is 5.54. The first kappa shape index (κ1) is 12.2. The molecule has 0 spiro atoms. The van der Waals surface area contributed by atoms with Gasteiger partial charge in [0.2, 0.25) is 0 Å². The number of ether oxygens (including phenoxy) is 1. The Bertz CT molecular complexity index is 602. The molecule has 0 aliphatic carbocycles. The normalized spacial score (nSPS) is 10.4. The minimum Gasteiger partial charge on any atom is -0.496 e. The van der Waals surface area contributed by atoms with E-state index in [1.54, 1.807) is 7.11 Å². The lowest BCUT2D eigenvalue weighted by Crippen LogP contribution is -2.12. The fourth-order valence-electron chi connectivity index (χ4n) is 1.85. The molecule has 94 valence electrons. The SMILES string of the molecule is COc1ccc(C)cc1-c1nc(C(N)=O)[nH]c1C. The van der Waals surface area contributed by atoms with Crippen molar-refractivity contribution >= 4 is 5.91 Å². The second-order valence-corrected chi connectivity index (χ2v) is 4.13. The molecule has 0 saturated carbocycles. The number of aromatic nitrogens is 2. The fourth-order valence-corrected chi connectivity index (χ4v) is 1.85. The topological polar surface area (TPSA) is 81.0 Å². The van der Waals surface area contributed by atoms with Gasteiger partial charge in [-0.3, -0.25) is 4.79 Å². The molecule has 2 rings (SSSR count). The van der Waals surface area contributed by atoms with E-state index in [0.29, 0.717) is 11.4 Å². The van der Waals surface area contributed by atoms with Crippen molar-refractivity contribution < 1.29 is 9.53 Å². The smallest absolute Gasteiger partial charge is 0.284 e. The number of imidazole rings is 1. The van der Waals surface area contributed by atoms with Crippen molar-refractivity contribution in [2.75, 3.05) is 7.11 Å². The Morgan fingerprint density at radius 2 is 2.11 bits per heavy atom. The highest BCUT2D eigenvalue weighted by molar-refractivity contribution is 5.90. The molecule has 0 unspecified atom stereocenters. The van der Waals surface area contributed by atoms with E-state index >= 15 is 0 Å². The van der Waals surface area contributed by atoms with Crippen LogP contribution in [0.2, 0.25) is 0 Å². The Hall–Kier alpha value is -2.30. The van der Waals surface area contributed by atoms with E-state index in [0.717, 1.165) is 16.8 Å². The number of amides is 1. The lowest BCUT2D eigenvalue weighted by atomic mass is 10.1. The second-order valence-electron chi connectivity index (χ2n) is 4.13. The number of aromatic amines is 1. The molecule has 3 N–H and O–H groups in total. The van der Waals surface area contributed by atoms with Gasteiger partial charge >= 0.3 is 0 Å². The number of hydrogen-bond donors (Lipinski definition) is 2. The predicted octanol–water partition coefficient (Wildman–Crippen LogP) is 1.80. The summed E-state index contributed by atoms with van der Waals surface area (Å²) in [6.07, 6.45) is 0. The van der Waals surface area contributed by atoms with Crippen LogP contribution in [-0.2, 0) is 0 Å². The average Bonchev–Trinajstić information content (AvgIpc) is 2.71. The third kappa shape index (κ3) is 2.07. The number of nitrogens with zero attached hydrogens (tertiary/aromatic N) is 1. The van der Waals surface area contributed by atoms with Crippen LogP contribution in [0.4, 0.5) is 0 Å². The molecule has 18 heavy (non-hydrogen) atoms. The van der Waals surface area contributed by atoms with Crippen LogP contribution in [-0.4, -0.2) is 23.0 Å². The van der Waals surface area contributed by atoms with Gasteiger partial charge in [-0.25, -0.2) is 4.98 Å². The largest absolute Gasteiger partial charge is 0.496 e. The monoisotopic (exact) mass is 245 g/mol. The van der Waals surface area contributed by atoms with E-state index < -0.39 is 5.91 Å². The molecule has 5 heteroatoms. The molecule has 1 amide bonds. The molecule has 1 aromatic carbocycles. The van der Waals surface area contributed by atoms with Gasteiger partial charge in [-0.15, -0.1) is 0 Å². The number of nitrogens with two attached hydrogens (primary N) is 1. The summed E-state index contributed by atoms with van der Waals surface area (Å²) in [7, 11) is 1.60. The van der Waals surface area contributed by atoms with Gasteiger partial charge in [0.05, 0.1) is 12.8 Å². The van der Waals surface area contributed by atoms with Crippen LogP contribution in [0.15, 0.2) is 18.2 Å². The summed E-state index contributed by atoms with van der Waals surface area (Å²) in [5.74, 6) is 0.299. The number of carbonyl (C=O) groups is 1. The van der Waals surface area contributed by atoms with Gasteiger partial charge in [-0.05, 0) is 26.0 Å². The van der Waals surface area contributed by atoms with Crippen LogP contribution in [0.3, 0.4) is 0 Å². The van der Waals surface area contributed by atoms with Crippen LogP contribution >= 0.6 is 0 Å². The average molecular weight is 245 g/mol. The fraction of sp³-hybridized carbons (Fsp3) is 0.231. The molecular formula is C13H15N3O2. The Morgan fingerprint density at radius 1 is 1.39 bits per heavy atom. The highest BCUT2D eigenvalue weighted by Gasteiger charge is 2.15. The molecule has 0 bridgehead atoms. The van der Waals surface area contributed by atoms with E-state index in [-0.39, 0.29) is 5.82 Å². The third-order valence-electron chi connectivity index (χ3n) is 2.73. The molecule has 0 radical (unpaired) electrons. The number of nitrogens with one attached hydrogen (secondary N) is 1. The molecule has 0 aliphatic rings. The highest BCUT2D eigenvalue weighted by atomic mass is 16.5. The van der Waals surface area contributed by atoms with E-state index in [2.05, 4.69) is 9.97 Å². The highest BCUT2D eigenvalue weighted by Crippen LogP contribution is 2.31. The van der Waals surface area contributed by atoms with Crippen molar-refractivity contribution in [2.24, 2.45) is 5.73 Å². The van der Waals surface area contributed by atoms with Gasteiger partial charge in [0.25, 0.3) is 5.91 Å². The van der Waals surface area contributed by atoms with Gasteiger partial charge in [-0.1, -0.05) is 11.6 Å². The predicted molar refractivity (Wildman–Crippen MR) is 68.6 cm³/mol. The first-order valence-electron chi connectivity index (χ1n) is 5.54. The summed E-state index contributed by atoms with van der Waals surface area (Å²) in [6.45, 7) is 3.83. The number of methoxy groups -OCH3 is 1. The summed E-state index contributed by atoms with van der Waals surface area (Å²) in [5.41, 5.74) is 8.62. The second kappa shape index (κ2) is 4.52. The van der Waals surface area contributed by atoms with Crippen molar-refractivity contribution in [1.29, 1.82) is 0 Å². The third-order valence-corrected chi connectivity index (χ3v) is 2.73. The summed E-state index contributed by atoms with van der Waals surface area (Å²) < 4.78 is 5.31. The van der Waals surface area contributed by atoms with E-state index in [1.165, 1.54) is 0 Å². The van der Waals surface area contributed by atoms with Gasteiger partial charge in [0.15, 0.2) is 5.82 Å². The van der Waals surface area contributed by atoms with Gasteiger partial charge < -0.3 is 15.5 Å². The summed E-state index contributed by atoms with van der Waals surface area (Å²) in [5, 5.41) is 0. The van der Waals surface area contributed by atoms with E-state index in [9.17, 15) is 4.79 Å². The molecule has 0 saturated heterocycles. The lowest BCUT2D eigenvalue weighted by molar-refractivity contribution is 0.0991. The van der Waals surface area contributed by atoms with E-state index in [1.807, 2.05) is 32.0 Å². The number of H-pyrrole nitrogens is 1. The number of carbonyl (C=O) groups excluding carboxylic acids is 1. The Labute approximate surface area is 105 Å². The standard InChI is InChI=1S/C13H15N3O2/c1-7-4-5-10(18-3)9(6-7)11-8(2)15-13(16-11)12(14)17/h4-6H,1-3H3,(H2,14,17)(H,15,16). The number of rotatable bonds is 3. The van der Waals surface area contributed by atoms with Gasteiger partial charge in [-0.2, -0.15) is 0 Å². The zero-order chi connectivity index (χ0) is 13.3. The van der Waals surface area contributed by atoms with Crippen molar-refractivity contribution in [1.82, 2.24) is 9.97 Å². The number of aryl methyl sites for hydroxylation is 2. The Morgan fingerprint density at radius 3 is 2.67 bits per heavy atom. The minimum absolute atomic E-state index is 0.158. The van der Waals surface area contributed by atoms with Crippen LogP contribution in [0.5, 0.6) is 5.75 Å². The zero-order valence-electron chi connectivity index (χ0n) is 10.6. The first-order chi connectivity index (χ1) is 8.52. The summed E-state index contributed by atoms with van der Waals surface area (Å²) >= 11 is 0. The Balaban J connectivity index is 2.60. The maximum Gasteiger partial charge on any atom is 0.284 e. The summed E-state index contributed by atoms with van der Waals surface area (Å²) in [4.78, 5) is 18.2.